The molecular formula is C106H66N8O2. The molecule has 0 saturated carbocycles. The van der Waals surface area contributed by atoms with E-state index in [1.165, 1.54) is 38.0 Å². The van der Waals surface area contributed by atoms with Crippen LogP contribution in [0.25, 0.3) is 222 Å². The minimum Gasteiger partial charge on any atom is -0.456 e. The third-order valence-corrected chi connectivity index (χ3v) is 22.4. The Kier molecular flexibility index (Phi) is 16.3. The minimum atomic E-state index is 0.599. The zero-order chi connectivity index (χ0) is 76.6. The van der Waals surface area contributed by atoms with Crippen molar-refractivity contribution >= 4 is 98.3 Å². The molecule has 10 nitrogen and oxygen atoms in total. The molecule has 0 atom stereocenters. The average molecular weight is 1480 g/mol. The fourth-order valence-electron chi connectivity index (χ4n) is 17.0. The van der Waals surface area contributed by atoms with Crippen LogP contribution in [0.15, 0.2) is 410 Å². The molecule has 15 aromatic carbocycles. The van der Waals surface area contributed by atoms with Crippen LogP contribution in [0.2, 0.25) is 0 Å². The molecule has 8 aromatic heterocycles. The van der Waals surface area contributed by atoms with Gasteiger partial charge in [0.25, 0.3) is 0 Å². The van der Waals surface area contributed by atoms with Crippen molar-refractivity contribution in [3.8, 4) is 124 Å². The maximum atomic E-state index is 6.37. The van der Waals surface area contributed by atoms with Crippen LogP contribution in [0, 0.1) is 0 Å². The van der Waals surface area contributed by atoms with E-state index in [9.17, 15) is 0 Å². The second kappa shape index (κ2) is 28.2. The molecule has 0 unspecified atom stereocenters. The number of hydrogen-bond acceptors (Lipinski definition) is 8. The summed E-state index contributed by atoms with van der Waals surface area (Å²) < 4.78 is 17.4. The summed E-state index contributed by atoms with van der Waals surface area (Å²) in [6.07, 6.45) is 5.32. The molecular weight excluding hydrogens is 1420 g/mol. The molecule has 0 fully saturated rings. The van der Waals surface area contributed by atoms with Crippen molar-refractivity contribution in [2.24, 2.45) is 0 Å². The van der Waals surface area contributed by atoms with Crippen LogP contribution in [0.4, 0.5) is 0 Å². The van der Waals surface area contributed by atoms with Gasteiger partial charge in [-0.2, -0.15) is 0 Å². The third kappa shape index (κ3) is 11.9. The van der Waals surface area contributed by atoms with Gasteiger partial charge in [0.2, 0.25) is 0 Å². The van der Waals surface area contributed by atoms with E-state index in [0.717, 1.165) is 172 Å². The predicted octanol–water partition coefficient (Wildman–Crippen LogP) is 27.6. The number of para-hydroxylation sites is 5. The standard InChI is InChI=1S/C55H34N4O.C51H32N4O/c1-2-13-41-36(11-1)12-9-17-43(41)49-34-50(48-19-7-8-32-56-48)58-55(57-49)38-24-22-35(23-25-38)39-28-31-52-47(33-39)44-14-3-5-20-51(44)59(52)40-29-26-37(27-30-40)42-16-10-18-46-45-15-4-6-21-53(45)60-54(42)46;1-2-12-33(13-3-1)44-31-38(32-45(54-44)51-52-26-11-27-53-51)35-15-8-14-34(28-35)36-24-25-47-43(30-36)41-18-4-6-21-46(41)55(47)39-17-9-16-37(29-39)40-20-10-23-49-50(40)42-19-5-7-22-48(42)56-49/h1-34H;1-32H. The number of fused-ring (bicyclic) bond motifs is 13. The number of hydrogen-bond donors (Lipinski definition) is 0. The minimum absolute atomic E-state index is 0.599. The topological polar surface area (TPSA) is 113 Å². The summed E-state index contributed by atoms with van der Waals surface area (Å²) in [5.41, 5.74) is 28.8. The van der Waals surface area contributed by atoms with Crippen LogP contribution in [0.5, 0.6) is 0 Å². The fourth-order valence-corrected chi connectivity index (χ4v) is 17.0. The molecule has 0 aliphatic rings. The highest BCUT2D eigenvalue weighted by Crippen LogP contribution is 2.44. The number of benzene rings is 15. The highest BCUT2D eigenvalue weighted by atomic mass is 16.3. The Bertz CT molecular complexity index is 7700. The van der Waals surface area contributed by atoms with Gasteiger partial charge in [-0.05, 0) is 182 Å². The maximum Gasteiger partial charge on any atom is 0.178 e. The summed E-state index contributed by atoms with van der Waals surface area (Å²) in [6.45, 7) is 0. The Morgan fingerprint density at radius 2 is 0.724 bits per heavy atom. The van der Waals surface area contributed by atoms with Crippen LogP contribution in [-0.2, 0) is 0 Å². The average Bonchev–Trinajstić information content (AvgIpc) is 1.58. The van der Waals surface area contributed by atoms with Gasteiger partial charge in [0.15, 0.2) is 11.6 Å². The summed E-state index contributed by atoms with van der Waals surface area (Å²) in [6, 6.07) is 134. The van der Waals surface area contributed by atoms with Gasteiger partial charge in [-0.15, -0.1) is 0 Å². The van der Waals surface area contributed by atoms with Crippen LogP contribution >= 0.6 is 0 Å². The molecule has 542 valence electrons. The maximum absolute atomic E-state index is 6.37. The summed E-state index contributed by atoms with van der Waals surface area (Å²) in [5, 5.41) is 11.7. The van der Waals surface area contributed by atoms with Crippen LogP contribution < -0.4 is 0 Å². The molecule has 23 aromatic rings. The van der Waals surface area contributed by atoms with Crippen molar-refractivity contribution < 1.29 is 8.83 Å². The predicted molar refractivity (Wildman–Crippen MR) is 475 cm³/mol. The molecule has 8 heterocycles. The Morgan fingerprint density at radius 3 is 1.49 bits per heavy atom. The van der Waals surface area contributed by atoms with Gasteiger partial charge in [-0.1, -0.05) is 261 Å². The molecule has 0 aliphatic heterocycles. The quantitative estimate of drug-likeness (QED) is 0.119. The summed E-state index contributed by atoms with van der Waals surface area (Å²) >= 11 is 0. The molecule has 0 N–H and O–H groups in total. The molecule has 0 bridgehead atoms. The molecule has 0 radical (unpaired) electrons. The Labute approximate surface area is 666 Å². The fraction of sp³-hybridized carbons (Fsp3) is 0. The first kappa shape index (κ1) is 67.1. The first-order valence-electron chi connectivity index (χ1n) is 38.9. The second-order valence-corrected chi connectivity index (χ2v) is 29.3. The lowest BCUT2D eigenvalue weighted by Crippen LogP contribution is -1.97. The first-order chi connectivity index (χ1) is 57.5. The normalized spacial score (nSPS) is 11.6. The summed E-state index contributed by atoms with van der Waals surface area (Å²) in [4.78, 5) is 28.9. The van der Waals surface area contributed by atoms with Crippen LogP contribution in [-0.4, -0.2) is 39.0 Å². The lowest BCUT2D eigenvalue weighted by molar-refractivity contribution is 0.669. The van der Waals surface area contributed by atoms with Gasteiger partial charge in [-0.25, -0.2) is 24.9 Å². The molecule has 0 amide bonds. The lowest BCUT2D eigenvalue weighted by atomic mass is 9.96. The number of furan rings is 2. The molecule has 0 spiro atoms. The van der Waals surface area contributed by atoms with Crippen molar-refractivity contribution in [1.82, 2.24) is 39.0 Å². The monoisotopic (exact) mass is 1480 g/mol. The van der Waals surface area contributed by atoms with Crippen molar-refractivity contribution in [1.29, 1.82) is 0 Å². The van der Waals surface area contributed by atoms with Crippen LogP contribution in [0.1, 0.15) is 0 Å². The second-order valence-electron chi connectivity index (χ2n) is 29.3. The first-order valence-corrected chi connectivity index (χ1v) is 38.9. The number of rotatable bonds is 12. The van der Waals surface area contributed by atoms with Gasteiger partial charge in [0.1, 0.15) is 28.0 Å². The van der Waals surface area contributed by atoms with Crippen molar-refractivity contribution in [2.75, 3.05) is 0 Å². The van der Waals surface area contributed by atoms with Crippen LogP contribution in [0.3, 0.4) is 0 Å². The smallest absolute Gasteiger partial charge is 0.178 e. The van der Waals surface area contributed by atoms with Crippen molar-refractivity contribution in [3.63, 3.8) is 0 Å². The number of aromatic nitrogens is 8. The van der Waals surface area contributed by atoms with E-state index in [-0.39, 0.29) is 0 Å². The molecule has 0 aliphatic carbocycles. The summed E-state index contributed by atoms with van der Waals surface area (Å²) in [7, 11) is 0. The van der Waals surface area contributed by atoms with E-state index < -0.39 is 0 Å². The zero-order valence-corrected chi connectivity index (χ0v) is 62.5. The Hall–Kier alpha value is -15.8. The van der Waals surface area contributed by atoms with E-state index >= 15 is 0 Å². The van der Waals surface area contributed by atoms with E-state index in [2.05, 4.69) is 333 Å². The molecule has 0 saturated heterocycles. The zero-order valence-electron chi connectivity index (χ0n) is 62.5. The van der Waals surface area contributed by atoms with Gasteiger partial charge < -0.3 is 18.0 Å². The largest absolute Gasteiger partial charge is 0.456 e. The SMILES string of the molecule is c1ccc(-c2cc(-c3cccc(-c4ccc5c(c4)c4ccccc4n5-c4cccc(-c5cccc6oc7ccccc7c56)c4)c3)cc(-c3ncccn3)n2)cc1.c1ccc(-c2cc(-c3cccc4ccccc34)nc(-c3ccc(-c4ccc5c(c4)c4ccccc4n5-c4ccc(-c5cccc6c5oc5ccccc56)cc4)cc3)n2)nc1. The third-order valence-electron chi connectivity index (χ3n) is 22.4. The van der Waals surface area contributed by atoms with Gasteiger partial charge >= 0.3 is 0 Å². The number of pyridine rings is 2. The molecule has 116 heavy (non-hydrogen) atoms. The van der Waals surface area contributed by atoms with Gasteiger partial charge in [-0.3, -0.25) is 4.98 Å². The van der Waals surface area contributed by atoms with Gasteiger partial charge in [0, 0.05) is 95.3 Å². The van der Waals surface area contributed by atoms with E-state index in [0.29, 0.717) is 11.6 Å². The van der Waals surface area contributed by atoms with Crippen molar-refractivity contribution in [2.45, 2.75) is 0 Å². The van der Waals surface area contributed by atoms with E-state index in [1.807, 2.05) is 72.8 Å². The number of nitrogens with zero attached hydrogens (tertiary/aromatic N) is 8. The highest BCUT2D eigenvalue weighted by molar-refractivity contribution is 6.15. The van der Waals surface area contributed by atoms with Crippen molar-refractivity contribution in [3.05, 3.63) is 401 Å². The molecule has 23 rings (SSSR count). The summed E-state index contributed by atoms with van der Waals surface area (Å²) in [5.74, 6) is 1.26. The van der Waals surface area contributed by atoms with E-state index in [4.69, 9.17) is 23.8 Å². The highest BCUT2D eigenvalue weighted by Gasteiger charge is 2.22. The molecule has 10 heteroatoms. The van der Waals surface area contributed by atoms with E-state index in [1.54, 1.807) is 18.6 Å². The Balaban J connectivity index is 0.000000141. The lowest BCUT2D eigenvalue weighted by Gasteiger charge is -2.12. The van der Waals surface area contributed by atoms with Gasteiger partial charge in [0.05, 0.1) is 44.8 Å². The Morgan fingerprint density at radius 1 is 0.207 bits per heavy atom.